The Bertz CT molecular complexity index is 1260. The van der Waals surface area contributed by atoms with Gasteiger partial charge in [0.25, 0.3) is 5.91 Å². The summed E-state index contributed by atoms with van der Waals surface area (Å²) in [4.78, 5) is 16.2. The zero-order chi connectivity index (χ0) is 22.8. The Hall–Kier alpha value is -3.36. The number of nitrogens with zero attached hydrogens (tertiary/aromatic N) is 1. The molecule has 0 N–H and O–H groups in total. The van der Waals surface area contributed by atoms with Gasteiger partial charge in [0.1, 0.15) is 0 Å². The summed E-state index contributed by atoms with van der Waals surface area (Å²) in [5.41, 5.74) is 7.59. The third-order valence-electron chi connectivity index (χ3n) is 6.50. The van der Waals surface area contributed by atoms with E-state index in [9.17, 15) is 4.79 Å². The van der Waals surface area contributed by atoms with Crippen molar-refractivity contribution in [2.75, 3.05) is 0 Å². The van der Waals surface area contributed by atoms with E-state index >= 15 is 0 Å². The number of halogens is 1. The van der Waals surface area contributed by atoms with Crippen LogP contribution in [0, 0.1) is 6.92 Å². The van der Waals surface area contributed by atoms with E-state index in [0.29, 0.717) is 17.1 Å². The summed E-state index contributed by atoms with van der Waals surface area (Å²) in [5.74, 6) is 0.0229. The maximum atomic E-state index is 14.2. The number of hydrogen-bond donors (Lipinski definition) is 0. The molecule has 1 aliphatic carbocycles. The molecule has 3 heteroatoms. The number of benzene rings is 4. The van der Waals surface area contributed by atoms with E-state index in [4.69, 9.17) is 11.6 Å². The smallest absolute Gasteiger partial charge is 0.255 e. The molecule has 33 heavy (non-hydrogen) atoms. The molecule has 0 saturated heterocycles. The second-order valence-corrected chi connectivity index (χ2v) is 9.24. The monoisotopic (exact) mass is 451 g/mol. The van der Waals surface area contributed by atoms with Gasteiger partial charge in [0.2, 0.25) is 0 Å². The molecule has 0 bridgehead atoms. The van der Waals surface area contributed by atoms with Crippen LogP contribution in [0.4, 0.5) is 0 Å². The van der Waals surface area contributed by atoms with Crippen LogP contribution < -0.4 is 0 Å². The van der Waals surface area contributed by atoms with Gasteiger partial charge >= 0.3 is 0 Å². The molecule has 0 aliphatic heterocycles. The number of fused-ring (bicyclic) bond motifs is 1. The van der Waals surface area contributed by atoms with Gasteiger partial charge in [-0.05, 0) is 59.7 Å². The molecule has 0 unspecified atom stereocenters. The van der Waals surface area contributed by atoms with Crippen LogP contribution in [-0.2, 0) is 19.4 Å². The van der Waals surface area contributed by atoms with E-state index < -0.39 is 0 Å². The Labute approximate surface area is 200 Å². The molecule has 1 aliphatic rings. The van der Waals surface area contributed by atoms with Crippen LogP contribution in [0.25, 0.3) is 11.1 Å². The average Bonchev–Trinajstić information content (AvgIpc) is 3.28. The second-order valence-electron chi connectivity index (χ2n) is 8.81. The molecule has 2 nitrogen and oxygen atoms in total. The summed E-state index contributed by atoms with van der Waals surface area (Å²) < 4.78 is 0. The van der Waals surface area contributed by atoms with Crippen LogP contribution in [0.1, 0.15) is 32.6 Å². The van der Waals surface area contributed by atoms with E-state index in [-0.39, 0.29) is 11.9 Å². The van der Waals surface area contributed by atoms with Crippen molar-refractivity contribution in [3.63, 3.8) is 0 Å². The summed E-state index contributed by atoms with van der Waals surface area (Å²) in [6, 6.07) is 32.8. The van der Waals surface area contributed by atoms with Gasteiger partial charge in [0, 0.05) is 23.2 Å². The van der Waals surface area contributed by atoms with Crippen molar-refractivity contribution in [3.05, 3.63) is 130 Å². The molecule has 4 aromatic rings. The topological polar surface area (TPSA) is 20.3 Å². The van der Waals surface area contributed by atoms with Crippen LogP contribution in [0.15, 0.2) is 97.1 Å². The molecule has 4 aromatic carbocycles. The molecule has 0 aromatic heterocycles. The Morgan fingerprint density at radius 1 is 0.848 bits per heavy atom. The first-order chi connectivity index (χ1) is 16.1. The summed E-state index contributed by atoms with van der Waals surface area (Å²) in [7, 11) is 0. The first kappa shape index (κ1) is 21.5. The standard InChI is InChI=1S/C30H26ClNO/c1-21-11-13-22(14-12-21)20-32(27-17-24-9-5-6-10-25(24)18-27)30(33)29-19-26(31)15-16-28(29)23-7-3-2-4-8-23/h2-16,19,27H,17-18,20H2,1H3. The van der Waals surface area contributed by atoms with E-state index in [1.807, 2.05) is 53.4 Å². The van der Waals surface area contributed by atoms with Crippen LogP contribution in [0.5, 0.6) is 0 Å². The summed E-state index contributed by atoms with van der Waals surface area (Å²) >= 11 is 6.39. The minimum absolute atomic E-state index is 0.0229. The fourth-order valence-electron chi connectivity index (χ4n) is 4.73. The molecule has 0 fully saturated rings. The first-order valence-electron chi connectivity index (χ1n) is 11.4. The van der Waals surface area contributed by atoms with E-state index in [1.54, 1.807) is 0 Å². The zero-order valence-electron chi connectivity index (χ0n) is 18.7. The highest BCUT2D eigenvalue weighted by molar-refractivity contribution is 6.31. The highest BCUT2D eigenvalue weighted by Gasteiger charge is 2.31. The minimum atomic E-state index is 0.0229. The van der Waals surface area contributed by atoms with Crippen molar-refractivity contribution in [1.29, 1.82) is 0 Å². The maximum Gasteiger partial charge on any atom is 0.255 e. The van der Waals surface area contributed by atoms with Crippen molar-refractivity contribution in [2.24, 2.45) is 0 Å². The molecule has 0 atom stereocenters. The molecule has 1 amide bonds. The van der Waals surface area contributed by atoms with Crippen LogP contribution in [0.2, 0.25) is 5.02 Å². The van der Waals surface area contributed by atoms with Gasteiger partial charge in [-0.25, -0.2) is 0 Å². The van der Waals surface area contributed by atoms with Crippen molar-refractivity contribution in [3.8, 4) is 11.1 Å². The first-order valence-corrected chi connectivity index (χ1v) is 11.7. The average molecular weight is 452 g/mol. The molecular weight excluding hydrogens is 426 g/mol. The number of rotatable bonds is 5. The van der Waals surface area contributed by atoms with Crippen LogP contribution in [-0.4, -0.2) is 16.8 Å². The Kier molecular flexibility index (Phi) is 6.02. The van der Waals surface area contributed by atoms with Crippen molar-refractivity contribution in [2.45, 2.75) is 32.4 Å². The predicted octanol–water partition coefficient (Wildman–Crippen LogP) is 7.13. The molecule has 0 saturated carbocycles. The third-order valence-corrected chi connectivity index (χ3v) is 6.74. The lowest BCUT2D eigenvalue weighted by molar-refractivity contribution is 0.0668. The number of carbonyl (C=O) groups is 1. The summed E-state index contributed by atoms with van der Waals surface area (Å²) in [6.07, 6.45) is 1.74. The lowest BCUT2D eigenvalue weighted by Crippen LogP contribution is -2.40. The van der Waals surface area contributed by atoms with Gasteiger partial charge < -0.3 is 4.90 Å². The van der Waals surface area contributed by atoms with Gasteiger partial charge in [-0.1, -0.05) is 102 Å². The third kappa shape index (κ3) is 4.58. The number of amides is 1. The molecular formula is C30H26ClNO. The van der Waals surface area contributed by atoms with Crippen molar-refractivity contribution in [1.82, 2.24) is 4.90 Å². The van der Waals surface area contributed by atoms with E-state index in [2.05, 4.69) is 55.5 Å². The normalized spacial score (nSPS) is 13.0. The molecule has 0 spiro atoms. The number of hydrogen-bond acceptors (Lipinski definition) is 1. The fourth-order valence-corrected chi connectivity index (χ4v) is 4.90. The van der Waals surface area contributed by atoms with E-state index in [1.165, 1.54) is 16.7 Å². The lowest BCUT2D eigenvalue weighted by atomic mass is 9.97. The Morgan fingerprint density at radius 2 is 1.48 bits per heavy atom. The summed E-state index contributed by atoms with van der Waals surface area (Å²) in [6.45, 7) is 2.65. The predicted molar refractivity (Wildman–Crippen MR) is 136 cm³/mol. The number of carbonyl (C=O) groups excluding carboxylic acids is 1. The quantitative estimate of drug-likeness (QED) is 0.316. The molecule has 0 heterocycles. The Morgan fingerprint density at radius 3 is 2.15 bits per heavy atom. The van der Waals surface area contributed by atoms with Gasteiger partial charge in [-0.2, -0.15) is 0 Å². The van der Waals surface area contributed by atoms with Crippen molar-refractivity contribution < 1.29 is 4.79 Å². The molecule has 0 radical (unpaired) electrons. The maximum absolute atomic E-state index is 14.2. The van der Waals surface area contributed by atoms with Gasteiger partial charge in [-0.3, -0.25) is 4.79 Å². The second kappa shape index (κ2) is 9.25. The number of aryl methyl sites for hydroxylation is 1. The fraction of sp³-hybridized carbons (Fsp3) is 0.167. The van der Waals surface area contributed by atoms with Crippen molar-refractivity contribution >= 4 is 17.5 Å². The minimum Gasteiger partial charge on any atom is -0.331 e. The van der Waals surface area contributed by atoms with E-state index in [0.717, 1.165) is 29.5 Å². The van der Waals surface area contributed by atoms with Gasteiger partial charge in [0.05, 0.1) is 0 Å². The largest absolute Gasteiger partial charge is 0.331 e. The summed E-state index contributed by atoms with van der Waals surface area (Å²) in [5, 5.41) is 0.572. The van der Waals surface area contributed by atoms with Gasteiger partial charge in [0.15, 0.2) is 0 Å². The highest BCUT2D eigenvalue weighted by atomic mass is 35.5. The van der Waals surface area contributed by atoms with Gasteiger partial charge in [-0.15, -0.1) is 0 Å². The molecule has 164 valence electrons. The van der Waals surface area contributed by atoms with Crippen LogP contribution in [0.3, 0.4) is 0 Å². The molecule has 5 rings (SSSR count). The SMILES string of the molecule is Cc1ccc(CN(C(=O)c2cc(Cl)ccc2-c2ccccc2)C2Cc3ccccc3C2)cc1. The highest BCUT2D eigenvalue weighted by Crippen LogP contribution is 2.32. The van der Waals surface area contributed by atoms with Crippen LogP contribution >= 0.6 is 11.6 Å². The lowest BCUT2D eigenvalue weighted by Gasteiger charge is -2.30. The zero-order valence-corrected chi connectivity index (χ0v) is 19.4. The Balaban J connectivity index is 1.55.